The summed E-state index contributed by atoms with van der Waals surface area (Å²) in [6.07, 6.45) is 5.30. The van der Waals surface area contributed by atoms with E-state index in [1.165, 1.54) is 0 Å². The molecular formula is C19H29NO4. The van der Waals surface area contributed by atoms with Gasteiger partial charge in [0.25, 0.3) is 0 Å². The fourth-order valence-corrected chi connectivity index (χ4v) is 1.83. The number of ether oxygens (including phenoxy) is 4. The molecule has 0 spiro atoms. The van der Waals surface area contributed by atoms with Crippen LogP contribution in [0.15, 0.2) is 24.3 Å². The van der Waals surface area contributed by atoms with Crippen LogP contribution in [0.5, 0.6) is 5.75 Å². The van der Waals surface area contributed by atoms with Crippen molar-refractivity contribution in [2.24, 2.45) is 0 Å². The molecule has 0 aliphatic carbocycles. The standard InChI is InChI=1S/C19H29NO4/c1-4-18-5-7-19(8-6-18)24-16-15-23-14-13-22-12-11-21-10-9-20-17(2)3/h1,5-8,17,20H,9-16H2,2-3H3. The number of terminal acetylenes is 1. The van der Waals surface area contributed by atoms with Crippen molar-refractivity contribution in [3.05, 3.63) is 29.8 Å². The van der Waals surface area contributed by atoms with Crippen molar-refractivity contribution in [1.82, 2.24) is 5.32 Å². The molecule has 0 radical (unpaired) electrons. The van der Waals surface area contributed by atoms with E-state index in [-0.39, 0.29) is 0 Å². The van der Waals surface area contributed by atoms with Crippen molar-refractivity contribution in [3.63, 3.8) is 0 Å². The zero-order valence-corrected chi connectivity index (χ0v) is 14.8. The number of nitrogens with one attached hydrogen (secondary N) is 1. The van der Waals surface area contributed by atoms with Gasteiger partial charge in [0.05, 0.1) is 39.6 Å². The summed E-state index contributed by atoms with van der Waals surface area (Å²) < 4.78 is 21.8. The molecule has 0 unspecified atom stereocenters. The van der Waals surface area contributed by atoms with Gasteiger partial charge in [0, 0.05) is 18.2 Å². The Morgan fingerprint density at radius 2 is 1.42 bits per heavy atom. The third-order valence-electron chi connectivity index (χ3n) is 3.06. The lowest BCUT2D eigenvalue weighted by Gasteiger charge is -2.09. The van der Waals surface area contributed by atoms with E-state index < -0.39 is 0 Å². The molecule has 0 saturated carbocycles. The van der Waals surface area contributed by atoms with Crippen molar-refractivity contribution in [3.8, 4) is 18.1 Å². The smallest absolute Gasteiger partial charge is 0.119 e. The molecule has 5 heteroatoms. The topological polar surface area (TPSA) is 49.0 Å². The highest BCUT2D eigenvalue weighted by Gasteiger charge is 1.95. The second kappa shape index (κ2) is 13.8. The Kier molecular flexibility index (Phi) is 11.8. The van der Waals surface area contributed by atoms with Gasteiger partial charge in [0.15, 0.2) is 0 Å². The number of hydrogen-bond acceptors (Lipinski definition) is 5. The molecule has 0 heterocycles. The molecule has 1 aromatic carbocycles. The highest BCUT2D eigenvalue weighted by atomic mass is 16.6. The van der Waals surface area contributed by atoms with Crippen LogP contribution in [0.2, 0.25) is 0 Å². The molecule has 0 aromatic heterocycles. The highest BCUT2D eigenvalue weighted by Crippen LogP contribution is 2.11. The molecule has 0 amide bonds. The molecule has 24 heavy (non-hydrogen) atoms. The van der Waals surface area contributed by atoms with E-state index in [0.717, 1.165) is 17.9 Å². The third-order valence-corrected chi connectivity index (χ3v) is 3.06. The molecule has 0 saturated heterocycles. The van der Waals surface area contributed by atoms with E-state index in [1.807, 2.05) is 24.3 Å². The average molecular weight is 335 g/mol. The van der Waals surface area contributed by atoms with Crippen molar-refractivity contribution in [2.75, 3.05) is 52.8 Å². The number of hydrogen-bond donors (Lipinski definition) is 1. The molecule has 0 aliphatic rings. The maximum absolute atomic E-state index is 5.54. The Morgan fingerprint density at radius 1 is 0.875 bits per heavy atom. The number of benzene rings is 1. The van der Waals surface area contributed by atoms with Crippen LogP contribution >= 0.6 is 0 Å². The van der Waals surface area contributed by atoms with Crippen LogP contribution < -0.4 is 10.1 Å². The van der Waals surface area contributed by atoms with E-state index in [4.69, 9.17) is 25.4 Å². The van der Waals surface area contributed by atoms with Gasteiger partial charge in [-0.3, -0.25) is 0 Å². The first-order valence-electron chi connectivity index (χ1n) is 8.38. The van der Waals surface area contributed by atoms with Crippen molar-refractivity contribution in [2.45, 2.75) is 19.9 Å². The van der Waals surface area contributed by atoms with Crippen LogP contribution in [-0.2, 0) is 14.2 Å². The average Bonchev–Trinajstić information content (AvgIpc) is 2.59. The van der Waals surface area contributed by atoms with Gasteiger partial charge in [-0.25, -0.2) is 0 Å². The largest absolute Gasteiger partial charge is 0.491 e. The summed E-state index contributed by atoms with van der Waals surface area (Å²) in [5.74, 6) is 3.36. The fraction of sp³-hybridized carbons (Fsp3) is 0.579. The van der Waals surface area contributed by atoms with Gasteiger partial charge < -0.3 is 24.3 Å². The van der Waals surface area contributed by atoms with Gasteiger partial charge in [-0.2, -0.15) is 0 Å². The lowest BCUT2D eigenvalue weighted by Crippen LogP contribution is -2.27. The van der Waals surface area contributed by atoms with Gasteiger partial charge >= 0.3 is 0 Å². The SMILES string of the molecule is C#Cc1ccc(OCCOCCOCCOCCNC(C)C)cc1. The Labute approximate surface area is 145 Å². The Hall–Kier alpha value is -1.58. The normalized spacial score (nSPS) is 10.8. The van der Waals surface area contributed by atoms with E-state index >= 15 is 0 Å². The molecule has 5 nitrogen and oxygen atoms in total. The first kappa shape index (κ1) is 20.5. The summed E-state index contributed by atoms with van der Waals surface area (Å²) in [7, 11) is 0. The monoisotopic (exact) mass is 335 g/mol. The Bertz CT molecular complexity index is 453. The van der Waals surface area contributed by atoms with E-state index in [1.54, 1.807) is 0 Å². The minimum atomic E-state index is 0.494. The Morgan fingerprint density at radius 3 is 1.96 bits per heavy atom. The predicted octanol–water partition coefficient (Wildman–Crippen LogP) is 2.09. The van der Waals surface area contributed by atoms with Crippen LogP contribution in [0, 0.1) is 12.3 Å². The highest BCUT2D eigenvalue weighted by molar-refractivity contribution is 5.36. The third kappa shape index (κ3) is 11.0. The fourth-order valence-electron chi connectivity index (χ4n) is 1.83. The number of rotatable bonds is 14. The minimum absolute atomic E-state index is 0.494. The minimum Gasteiger partial charge on any atom is -0.491 e. The molecule has 0 fully saturated rings. The second-order valence-electron chi connectivity index (χ2n) is 5.46. The van der Waals surface area contributed by atoms with Gasteiger partial charge in [0.1, 0.15) is 12.4 Å². The summed E-state index contributed by atoms with van der Waals surface area (Å²) >= 11 is 0. The van der Waals surface area contributed by atoms with Crippen LogP contribution in [-0.4, -0.2) is 58.8 Å². The molecule has 134 valence electrons. The van der Waals surface area contributed by atoms with Crippen LogP contribution in [0.4, 0.5) is 0 Å². The summed E-state index contributed by atoms with van der Waals surface area (Å²) in [6, 6.07) is 7.91. The van der Waals surface area contributed by atoms with Gasteiger partial charge in [-0.15, -0.1) is 6.42 Å². The lowest BCUT2D eigenvalue weighted by atomic mass is 10.2. The van der Waals surface area contributed by atoms with Gasteiger partial charge in [-0.05, 0) is 24.3 Å². The zero-order chi connectivity index (χ0) is 17.5. The van der Waals surface area contributed by atoms with Gasteiger partial charge in [0.2, 0.25) is 0 Å². The first-order chi connectivity index (χ1) is 11.7. The van der Waals surface area contributed by atoms with Crippen molar-refractivity contribution < 1.29 is 18.9 Å². The molecule has 0 atom stereocenters. The predicted molar refractivity (Wildman–Crippen MR) is 95.5 cm³/mol. The summed E-state index contributed by atoms with van der Waals surface area (Å²) in [6.45, 7) is 9.13. The maximum atomic E-state index is 5.54. The maximum Gasteiger partial charge on any atom is 0.119 e. The molecule has 1 rings (SSSR count). The first-order valence-corrected chi connectivity index (χ1v) is 8.38. The molecular weight excluding hydrogens is 306 g/mol. The van der Waals surface area contributed by atoms with E-state index in [9.17, 15) is 0 Å². The molecule has 1 N–H and O–H groups in total. The summed E-state index contributed by atoms with van der Waals surface area (Å²) in [5.41, 5.74) is 0.843. The van der Waals surface area contributed by atoms with Gasteiger partial charge in [-0.1, -0.05) is 19.8 Å². The molecule has 0 aliphatic heterocycles. The quantitative estimate of drug-likeness (QED) is 0.417. The van der Waals surface area contributed by atoms with Crippen LogP contribution in [0.25, 0.3) is 0 Å². The summed E-state index contributed by atoms with van der Waals surface area (Å²) in [5, 5.41) is 3.29. The zero-order valence-electron chi connectivity index (χ0n) is 14.8. The molecule has 0 bridgehead atoms. The van der Waals surface area contributed by atoms with Crippen LogP contribution in [0.3, 0.4) is 0 Å². The van der Waals surface area contributed by atoms with E-state index in [2.05, 4.69) is 25.1 Å². The van der Waals surface area contributed by atoms with Crippen LogP contribution in [0.1, 0.15) is 19.4 Å². The molecule has 1 aromatic rings. The summed E-state index contributed by atoms with van der Waals surface area (Å²) in [4.78, 5) is 0. The second-order valence-corrected chi connectivity index (χ2v) is 5.46. The lowest BCUT2D eigenvalue weighted by molar-refractivity contribution is 0.00971. The Balaban J connectivity index is 1.83. The van der Waals surface area contributed by atoms with E-state index in [0.29, 0.717) is 52.3 Å². The van der Waals surface area contributed by atoms with Crippen molar-refractivity contribution in [1.29, 1.82) is 0 Å². The van der Waals surface area contributed by atoms with Crippen molar-refractivity contribution >= 4 is 0 Å².